The maximum atomic E-state index is 12.2. The molecule has 0 aliphatic carbocycles. The summed E-state index contributed by atoms with van der Waals surface area (Å²) < 4.78 is 5.79. The summed E-state index contributed by atoms with van der Waals surface area (Å²) in [7, 11) is 0. The van der Waals surface area contributed by atoms with Gasteiger partial charge in [0.25, 0.3) is 5.91 Å². The van der Waals surface area contributed by atoms with Crippen molar-refractivity contribution >= 4 is 23.3 Å². The second kappa shape index (κ2) is 10.2. The largest absolute Gasteiger partial charge is 0.486 e. The Labute approximate surface area is 176 Å². The summed E-state index contributed by atoms with van der Waals surface area (Å²) in [6.45, 7) is 11.1. The van der Waals surface area contributed by atoms with E-state index in [0.717, 1.165) is 21.9 Å². The van der Waals surface area contributed by atoms with Crippen LogP contribution in [-0.4, -0.2) is 35.6 Å². The predicted octanol–water partition coefficient (Wildman–Crippen LogP) is 3.56. The SMILES string of the molecule is Cc1cc(C)cc(OCc2nc(C(=O)NCCCNC(=O)NC(C)(C)C)cs2)c1. The molecule has 0 fully saturated rings. The molecule has 8 heteroatoms. The molecule has 0 unspecified atom stereocenters. The molecule has 2 rings (SSSR count). The minimum Gasteiger partial charge on any atom is -0.486 e. The number of aryl methyl sites for hydroxylation is 2. The normalized spacial score (nSPS) is 11.1. The molecule has 1 heterocycles. The minimum atomic E-state index is -0.275. The summed E-state index contributed by atoms with van der Waals surface area (Å²) in [4.78, 5) is 28.2. The first kappa shape index (κ1) is 22.7. The molecule has 1 aromatic carbocycles. The maximum Gasteiger partial charge on any atom is 0.315 e. The first-order valence-electron chi connectivity index (χ1n) is 9.62. The van der Waals surface area contributed by atoms with Crippen LogP contribution < -0.4 is 20.7 Å². The number of carbonyl (C=O) groups excluding carboxylic acids is 2. The van der Waals surface area contributed by atoms with Gasteiger partial charge in [0.05, 0.1) is 0 Å². The van der Waals surface area contributed by atoms with E-state index in [2.05, 4.69) is 27.0 Å². The summed E-state index contributed by atoms with van der Waals surface area (Å²) in [6.07, 6.45) is 0.635. The van der Waals surface area contributed by atoms with Gasteiger partial charge in [-0.05, 0) is 64.3 Å². The number of benzene rings is 1. The van der Waals surface area contributed by atoms with Gasteiger partial charge in [0, 0.05) is 24.0 Å². The smallest absolute Gasteiger partial charge is 0.315 e. The third kappa shape index (κ3) is 8.51. The number of nitrogens with one attached hydrogen (secondary N) is 3. The molecule has 158 valence electrons. The van der Waals surface area contributed by atoms with Crippen molar-refractivity contribution in [2.75, 3.05) is 13.1 Å². The molecule has 2 aromatic rings. The van der Waals surface area contributed by atoms with Crippen LogP contribution in [0.5, 0.6) is 5.75 Å². The van der Waals surface area contributed by atoms with Gasteiger partial charge in [-0.15, -0.1) is 11.3 Å². The number of thiazole rings is 1. The van der Waals surface area contributed by atoms with Crippen LogP contribution in [0.1, 0.15) is 53.8 Å². The monoisotopic (exact) mass is 418 g/mol. The molecule has 0 radical (unpaired) electrons. The van der Waals surface area contributed by atoms with Gasteiger partial charge in [0.15, 0.2) is 0 Å². The fourth-order valence-electron chi connectivity index (χ4n) is 2.61. The Morgan fingerprint density at radius 3 is 2.38 bits per heavy atom. The molecule has 0 saturated heterocycles. The number of hydrogen-bond acceptors (Lipinski definition) is 5. The molecule has 3 N–H and O–H groups in total. The van der Waals surface area contributed by atoms with E-state index in [9.17, 15) is 9.59 Å². The zero-order chi connectivity index (χ0) is 21.4. The zero-order valence-corrected chi connectivity index (χ0v) is 18.5. The first-order chi connectivity index (χ1) is 13.6. The second-order valence-corrected chi connectivity index (χ2v) is 8.92. The van der Waals surface area contributed by atoms with E-state index in [1.807, 2.05) is 46.8 Å². The molecule has 29 heavy (non-hydrogen) atoms. The quantitative estimate of drug-likeness (QED) is 0.572. The Morgan fingerprint density at radius 1 is 1.07 bits per heavy atom. The molecule has 3 amide bonds. The molecule has 0 spiro atoms. The summed E-state index contributed by atoms with van der Waals surface area (Å²) in [6, 6.07) is 5.83. The number of ether oxygens (including phenoxy) is 1. The fraction of sp³-hybridized carbons (Fsp3) is 0.476. The van der Waals surface area contributed by atoms with Gasteiger partial charge < -0.3 is 20.7 Å². The number of carbonyl (C=O) groups is 2. The van der Waals surface area contributed by atoms with Crippen molar-refractivity contribution in [1.29, 1.82) is 0 Å². The molecule has 1 aromatic heterocycles. The van der Waals surface area contributed by atoms with E-state index in [0.29, 0.717) is 31.8 Å². The van der Waals surface area contributed by atoms with Gasteiger partial charge in [-0.3, -0.25) is 4.79 Å². The van der Waals surface area contributed by atoms with Gasteiger partial charge >= 0.3 is 6.03 Å². The highest BCUT2D eigenvalue weighted by Crippen LogP contribution is 2.19. The van der Waals surface area contributed by atoms with Crippen molar-refractivity contribution < 1.29 is 14.3 Å². The number of amides is 3. The van der Waals surface area contributed by atoms with Gasteiger partial charge in [0.2, 0.25) is 0 Å². The number of aromatic nitrogens is 1. The predicted molar refractivity (Wildman–Crippen MR) is 116 cm³/mol. The van der Waals surface area contributed by atoms with Crippen molar-refractivity contribution in [3.8, 4) is 5.75 Å². The van der Waals surface area contributed by atoms with Gasteiger partial charge in [0.1, 0.15) is 23.1 Å². The average Bonchev–Trinajstić information content (AvgIpc) is 3.06. The van der Waals surface area contributed by atoms with Crippen molar-refractivity contribution in [1.82, 2.24) is 20.9 Å². The summed E-state index contributed by atoms with van der Waals surface area (Å²) in [5.74, 6) is 0.574. The standard InChI is InChI=1S/C21H30N4O3S/c1-14-9-15(2)11-16(10-14)28-12-18-24-17(13-29-18)19(26)22-7-6-8-23-20(27)25-21(3,4)5/h9-11,13H,6-8,12H2,1-5H3,(H,22,26)(H2,23,25,27). The lowest BCUT2D eigenvalue weighted by Crippen LogP contribution is -2.46. The maximum absolute atomic E-state index is 12.2. The lowest BCUT2D eigenvalue weighted by atomic mass is 10.1. The molecular formula is C21H30N4O3S. The highest BCUT2D eigenvalue weighted by molar-refractivity contribution is 7.09. The number of urea groups is 1. The van der Waals surface area contributed by atoms with Gasteiger partial charge in [-0.2, -0.15) is 0 Å². The van der Waals surface area contributed by atoms with Crippen LogP contribution >= 0.6 is 11.3 Å². The Morgan fingerprint density at radius 2 is 1.72 bits per heavy atom. The third-order valence-corrected chi connectivity index (χ3v) is 4.58. The number of hydrogen-bond donors (Lipinski definition) is 3. The molecular weight excluding hydrogens is 388 g/mol. The van der Waals surface area contributed by atoms with E-state index in [-0.39, 0.29) is 17.5 Å². The summed E-state index contributed by atoms with van der Waals surface area (Å²) in [5.41, 5.74) is 2.39. The highest BCUT2D eigenvalue weighted by atomic mass is 32.1. The minimum absolute atomic E-state index is 0.211. The first-order valence-corrected chi connectivity index (χ1v) is 10.5. The van der Waals surface area contributed by atoms with Crippen molar-refractivity contribution in [3.05, 3.63) is 45.4 Å². The fourth-order valence-corrected chi connectivity index (χ4v) is 3.30. The molecule has 0 aliphatic rings. The summed E-state index contributed by atoms with van der Waals surface area (Å²) >= 11 is 1.40. The topological polar surface area (TPSA) is 92.3 Å². The van der Waals surface area contributed by atoms with Crippen LogP contribution in [0.2, 0.25) is 0 Å². The van der Waals surface area contributed by atoms with E-state index in [1.165, 1.54) is 11.3 Å². The third-order valence-electron chi connectivity index (χ3n) is 3.76. The van der Waals surface area contributed by atoms with Gasteiger partial charge in [-0.1, -0.05) is 6.07 Å². The Kier molecular flexibility index (Phi) is 8.01. The molecule has 0 atom stereocenters. The van der Waals surface area contributed by atoms with Crippen LogP contribution in [0.25, 0.3) is 0 Å². The Hall–Kier alpha value is -2.61. The molecule has 0 aliphatic heterocycles. The van der Waals surface area contributed by atoms with E-state index >= 15 is 0 Å². The van der Waals surface area contributed by atoms with E-state index < -0.39 is 0 Å². The number of rotatable bonds is 8. The lowest BCUT2D eigenvalue weighted by molar-refractivity contribution is 0.0948. The van der Waals surface area contributed by atoms with Crippen molar-refractivity contribution in [2.45, 2.75) is 53.2 Å². The molecule has 0 saturated carbocycles. The molecule has 0 bridgehead atoms. The molecule has 7 nitrogen and oxygen atoms in total. The van der Waals surface area contributed by atoms with E-state index in [4.69, 9.17) is 4.74 Å². The summed E-state index contributed by atoms with van der Waals surface area (Å²) in [5, 5.41) is 10.9. The lowest BCUT2D eigenvalue weighted by Gasteiger charge is -2.20. The average molecular weight is 419 g/mol. The van der Waals surface area contributed by atoms with E-state index in [1.54, 1.807) is 5.38 Å². The zero-order valence-electron chi connectivity index (χ0n) is 17.7. The Balaban J connectivity index is 1.70. The Bertz CT molecular complexity index is 822. The number of nitrogens with zero attached hydrogens (tertiary/aromatic N) is 1. The van der Waals surface area contributed by atoms with Crippen LogP contribution in [0.4, 0.5) is 4.79 Å². The van der Waals surface area contributed by atoms with Crippen molar-refractivity contribution in [3.63, 3.8) is 0 Å². The van der Waals surface area contributed by atoms with Gasteiger partial charge in [-0.25, -0.2) is 9.78 Å². The second-order valence-electron chi connectivity index (χ2n) is 7.98. The van der Waals surface area contributed by atoms with Crippen molar-refractivity contribution in [2.24, 2.45) is 0 Å². The van der Waals surface area contributed by atoms with Crippen LogP contribution in [0, 0.1) is 13.8 Å². The highest BCUT2D eigenvalue weighted by Gasteiger charge is 2.13. The van der Waals surface area contributed by atoms with Crippen LogP contribution in [0.15, 0.2) is 23.6 Å². The van der Waals surface area contributed by atoms with Crippen LogP contribution in [-0.2, 0) is 6.61 Å². The van der Waals surface area contributed by atoms with Crippen LogP contribution in [0.3, 0.4) is 0 Å².